The van der Waals surface area contributed by atoms with Crippen LogP contribution in [-0.2, 0) is 0 Å². The average Bonchev–Trinajstić information content (AvgIpc) is 3.05. The molecule has 0 saturated carbocycles. The summed E-state index contributed by atoms with van der Waals surface area (Å²) in [5, 5.41) is 40.4. The maximum Gasteiger partial charge on any atom is 0.146 e. The largest absolute Gasteiger partial charge is 0.507 e. The molecule has 2 N–H and O–H groups in total. The van der Waals surface area contributed by atoms with Gasteiger partial charge in [0, 0.05) is 16.2 Å². The molecule has 0 aliphatic rings. The summed E-state index contributed by atoms with van der Waals surface area (Å²) < 4.78 is 10.6. The number of methoxy groups -OCH3 is 1. The van der Waals surface area contributed by atoms with E-state index in [9.17, 15) is 10.2 Å². The summed E-state index contributed by atoms with van der Waals surface area (Å²) in [5.74, 6) is 1.81. The molecule has 6 aromatic carbocycles. The molecule has 0 heterocycles. The molecule has 0 saturated heterocycles. The molecule has 0 aliphatic heterocycles. The van der Waals surface area contributed by atoms with Gasteiger partial charge in [-0.2, -0.15) is 5.11 Å². The summed E-state index contributed by atoms with van der Waals surface area (Å²) in [6.45, 7) is 2.59. The van der Waals surface area contributed by atoms with E-state index in [-0.39, 0.29) is 11.5 Å². The maximum absolute atomic E-state index is 10.0. The van der Waals surface area contributed by atoms with Crippen molar-refractivity contribution in [1.82, 2.24) is 0 Å². The van der Waals surface area contributed by atoms with Crippen LogP contribution in [0.4, 0.5) is 22.7 Å². The van der Waals surface area contributed by atoms with E-state index in [1.807, 2.05) is 110 Å². The third-order valence-corrected chi connectivity index (χ3v) is 6.52. The van der Waals surface area contributed by atoms with E-state index < -0.39 is 0 Å². The standard InChI is InChI=1S/C18H16N2O2.C17H14N2O2/c1-2-22-14-9-7-13(8-10-14)19-20-17-11-12-18(21)16-6-4-3-5-15(16)17;1-21-16-9-5-4-8-14(16)18-19-17-13-7-3-2-6-12(13)10-11-15(17)20/h3-12,21H,2H2,1H3;2-11,20H,1H3. The highest BCUT2D eigenvalue weighted by Crippen LogP contribution is 2.37. The van der Waals surface area contributed by atoms with Crippen molar-refractivity contribution < 1.29 is 19.7 Å². The van der Waals surface area contributed by atoms with Crippen LogP contribution in [0.3, 0.4) is 0 Å². The lowest BCUT2D eigenvalue weighted by molar-refractivity contribution is 0.340. The van der Waals surface area contributed by atoms with Gasteiger partial charge in [-0.1, -0.05) is 66.7 Å². The van der Waals surface area contributed by atoms with Gasteiger partial charge in [0.1, 0.15) is 34.4 Å². The first-order valence-corrected chi connectivity index (χ1v) is 13.7. The third kappa shape index (κ3) is 6.94. The summed E-state index contributed by atoms with van der Waals surface area (Å²) >= 11 is 0. The molecule has 0 aliphatic carbocycles. The second-order valence-electron chi connectivity index (χ2n) is 9.30. The zero-order valence-electron chi connectivity index (χ0n) is 23.8. The van der Waals surface area contributed by atoms with Crippen molar-refractivity contribution in [2.24, 2.45) is 20.5 Å². The lowest BCUT2D eigenvalue weighted by Gasteiger charge is -2.05. The van der Waals surface area contributed by atoms with Crippen LogP contribution in [0, 0.1) is 0 Å². The van der Waals surface area contributed by atoms with E-state index in [1.54, 1.807) is 25.3 Å². The van der Waals surface area contributed by atoms with Crippen molar-refractivity contribution in [1.29, 1.82) is 0 Å². The molecule has 0 unspecified atom stereocenters. The normalized spacial score (nSPS) is 11.1. The summed E-state index contributed by atoms with van der Waals surface area (Å²) in [4.78, 5) is 0. The number of ether oxygens (including phenoxy) is 2. The molecule has 0 fully saturated rings. The van der Waals surface area contributed by atoms with Gasteiger partial charge in [0.2, 0.25) is 0 Å². The van der Waals surface area contributed by atoms with Crippen LogP contribution in [0.5, 0.6) is 23.0 Å². The van der Waals surface area contributed by atoms with Crippen LogP contribution < -0.4 is 9.47 Å². The predicted octanol–water partition coefficient (Wildman–Crippen LogP) is 10.3. The van der Waals surface area contributed by atoms with Gasteiger partial charge in [0.15, 0.2) is 0 Å². The Hall–Kier alpha value is -5.76. The molecule has 8 heteroatoms. The van der Waals surface area contributed by atoms with Gasteiger partial charge in [0.25, 0.3) is 0 Å². The highest BCUT2D eigenvalue weighted by molar-refractivity contribution is 5.96. The van der Waals surface area contributed by atoms with E-state index in [2.05, 4.69) is 20.5 Å². The summed E-state index contributed by atoms with van der Waals surface area (Å²) in [5.41, 5.74) is 2.55. The van der Waals surface area contributed by atoms with Gasteiger partial charge in [-0.3, -0.25) is 0 Å². The fourth-order valence-corrected chi connectivity index (χ4v) is 4.41. The van der Waals surface area contributed by atoms with Gasteiger partial charge >= 0.3 is 0 Å². The molecule has 6 aromatic rings. The smallest absolute Gasteiger partial charge is 0.146 e. The lowest BCUT2D eigenvalue weighted by atomic mass is 10.1. The molecular formula is C35H30N4O4. The summed E-state index contributed by atoms with van der Waals surface area (Å²) in [6.07, 6.45) is 0. The zero-order valence-corrected chi connectivity index (χ0v) is 23.8. The molecule has 0 atom stereocenters. The first kappa shape index (κ1) is 28.8. The minimum atomic E-state index is 0.104. The monoisotopic (exact) mass is 570 g/mol. The lowest BCUT2D eigenvalue weighted by Crippen LogP contribution is -1.89. The van der Waals surface area contributed by atoms with Gasteiger partial charge in [0.05, 0.1) is 25.1 Å². The molecule has 0 bridgehead atoms. The SMILES string of the molecule is CCOc1ccc(N=Nc2ccc(O)c3ccccc23)cc1.COc1ccccc1N=Nc1c(O)ccc2ccccc12. The Balaban J connectivity index is 0.000000171. The number of benzene rings is 6. The van der Waals surface area contributed by atoms with Crippen LogP contribution in [0.1, 0.15) is 6.92 Å². The minimum absolute atomic E-state index is 0.104. The number of rotatable bonds is 7. The third-order valence-electron chi connectivity index (χ3n) is 6.52. The molecule has 0 aromatic heterocycles. The van der Waals surface area contributed by atoms with Crippen LogP contribution in [0.15, 0.2) is 142 Å². The summed E-state index contributed by atoms with van der Waals surface area (Å²) in [7, 11) is 1.59. The Kier molecular flexibility index (Phi) is 9.19. The van der Waals surface area contributed by atoms with Crippen molar-refractivity contribution in [3.05, 3.63) is 121 Å². The minimum Gasteiger partial charge on any atom is -0.507 e. The van der Waals surface area contributed by atoms with Crippen molar-refractivity contribution in [3.8, 4) is 23.0 Å². The van der Waals surface area contributed by atoms with Crippen molar-refractivity contribution >= 4 is 44.3 Å². The molecule has 8 nitrogen and oxygen atoms in total. The fraction of sp³-hybridized carbons (Fsp3) is 0.0857. The molecule has 0 amide bonds. The molecule has 6 rings (SSSR count). The van der Waals surface area contributed by atoms with Gasteiger partial charge in [-0.25, -0.2) is 0 Å². The Morgan fingerprint density at radius 3 is 1.98 bits per heavy atom. The van der Waals surface area contributed by atoms with Crippen molar-refractivity contribution in [2.45, 2.75) is 6.92 Å². The number of hydrogen-bond donors (Lipinski definition) is 2. The van der Waals surface area contributed by atoms with Crippen LogP contribution in [0.25, 0.3) is 21.5 Å². The Morgan fingerprint density at radius 1 is 0.558 bits per heavy atom. The first-order chi connectivity index (χ1) is 21.1. The van der Waals surface area contributed by atoms with Crippen LogP contribution >= 0.6 is 0 Å². The van der Waals surface area contributed by atoms with Crippen molar-refractivity contribution in [3.63, 3.8) is 0 Å². The topological polar surface area (TPSA) is 108 Å². The van der Waals surface area contributed by atoms with E-state index in [0.29, 0.717) is 23.7 Å². The fourth-order valence-electron chi connectivity index (χ4n) is 4.41. The predicted molar refractivity (Wildman–Crippen MR) is 170 cm³/mol. The van der Waals surface area contributed by atoms with Gasteiger partial charge < -0.3 is 19.7 Å². The Morgan fingerprint density at radius 2 is 1.21 bits per heavy atom. The van der Waals surface area contributed by atoms with Crippen LogP contribution in [-0.4, -0.2) is 23.9 Å². The number of phenols is 2. The van der Waals surface area contributed by atoms with E-state index in [4.69, 9.17) is 9.47 Å². The molecular weight excluding hydrogens is 540 g/mol. The van der Waals surface area contributed by atoms with E-state index >= 15 is 0 Å². The maximum atomic E-state index is 10.0. The number of phenolic OH excluding ortho intramolecular Hbond substituents is 2. The summed E-state index contributed by atoms with van der Waals surface area (Å²) in [6, 6.07) is 37.0. The molecule has 214 valence electrons. The zero-order chi connectivity index (χ0) is 30.0. The van der Waals surface area contributed by atoms with Crippen LogP contribution in [0.2, 0.25) is 0 Å². The average molecular weight is 571 g/mol. The highest BCUT2D eigenvalue weighted by atomic mass is 16.5. The van der Waals surface area contributed by atoms with Crippen molar-refractivity contribution in [2.75, 3.05) is 13.7 Å². The number of para-hydroxylation sites is 1. The molecule has 0 radical (unpaired) electrons. The number of fused-ring (bicyclic) bond motifs is 2. The highest BCUT2D eigenvalue weighted by Gasteiger charge is 2.07. The number of hydrogen-bond acceptors (Lipinski definition) is 8. The second-order valence-corrected chi connectivity index (χ2v) is 9.30. The molecule has 0 spiro atoms. The Labute approximate surface area is 249 Å². The first-order valence-electron chi connectivity index (χ1n) is 13.7. The quantitative estimate of drug-likeness (QED) is 0.186. The molecule has 43 heavy (non-hydrogen) atoms. The van der Waals surface area contributed by atoms with E-state index in [1.165, 1.54) is 0 Å². The Bertz CT molecular complexity index is 1900. The number of azo groups is 2. The van der Waals surface area contributed by atoms with Gasteiger partial charge in [-0.05, 0) is 66.9 Å². The van der Waals surface area contributed by atoms with E-state index in [0.717, 1.165) is 38.7 Å². The second kappa shape index (κ2) is 13.7. The number of aromatic hydroxyl groups is 2. The van der Waals surface area contributed by atoms with Gasteiger partial charge in [-0.15, -0.1) is 15.3 Å². The number of nitrogens with zero attached hydrogens (tertiary/aromatic N) is 4.